The van der Waals surface area contributed by atoms with E-state index in [9.17, 15) is 4.91 Å². The van der Waals surface area contributed by atoms with E-state index < -0.39 is 0 Å². The van der Waals surface area contributed by atoms with Gasteiger partial charge in [-0.2, -0.15) is 4.98 Å². The summed E-state index contributed by atoms with van der Waals surface area (Å²) in [6.07, 6.45) is 1.51. The first-order chi connectivity index (χ1) is 7.79. The van der Waals surface area contributed by atoms with E-state index in [1.807, 2.05) is 0 Å². The molecule has 3 aromatic rings. The van der Waals surface area contributed by atoms with Gasteiger partial charge in [0.25, 0.3) is 5.78 Å². The summed E-state index contributed by atoms with van der Waals surface area (Å²) in [6.45, 7) is 0. The van der Waals surface area contributed by atoms with Crippen LogP contribution >= 0.6 is 0 Å². The van der Waals surface area contributed by atoms with Gasteiger partial charge in [0, 0.05) is 5.39 Å². The quantitative estimate of drug-likeness (QED) is 0.614. The number of hydrogen-bond donors (Lipinski definition) is 1. The maximum atomic E-state index is 10.5. The minimum Gasteiger partial charge on any atom is -0.383 e. The number of hydrogen-bond acceptors (Lipinski definition) is 6. The highest BCUT2D eigenvalue weighted by molar-refractivity contribution is 5.91. The summed E-state index contributed by atoms with van der Waals surface area (Å²) in [4.78, 5) is 14.5. The third-order valence-electron chi connectivity index (χ3n) is 2.37. The molecule has 3 rings (SSSR count). The number of nitrogens with two attached hydrogens (primary N) is 1. The molecule has 0 aliphatic heterocycles. The van der Waals surface area contributed by atoms with Crippen LogP contribution < -0.4 is 5.73 Å². The fourth-order valence-corrected chi connectivity index (χ4v) is 1.64. The third kappa shape index (κ3) is 1.05. The third-order valence-corrected chi connectivity index (χ3v) is 2.37. The summed E-state index contributed by atoms with van der Waals surface area (Å²) in [5.41, 5.74) is 6.81. The van der Waals surface area contributed by atoms with Crippen LogP contribution in [0, 0.1) is 4.91 Å². The van der Waals surface area contributed by atoms with Crippen molar-refractivity contribution in [3.63, 3.8) is 0 Å². The zero-order chi connectivity index (χ0) is 11.1. The van der Waals surface area contributed by atoms with Gasteiger partial charge in [0.05, 0.1) is 5.52 Å². The molecular weight excluding hydrogens is 208 g/mol. The van der Waals surface area contributed by atoms with E-state index in [1.54, 1.807) is 22.6 Å². The monoisotopic (exact) mass is 214 g/mol. The van der Waals surface area contributed by atoms with Crippen molar-refractivity contribution in [1.29, 1.82) is 0 Å². The van der Waals surface area contributed by atoms with Gasteiger partial charge in [-0.25, -0.2) is 0 Å². The normalized spacial score (nSPS) is 11.0. The molecule has 0 aliphatic rings. The second-order valence-electron chi connectivity index (χ2n) is 3.29. The van der Waals surface area contributed by atoms with E-state index in [2.05, 4.69) is 20.4 Å². The lowest BCUT2D eigenvalue weighted by Crippen LogP contribution is -1.97. The highest BCUT2D eigenvalue weighted by Gasteiger charge is 2.07. The molecule has 7 heteroatoms. The second-order valence-corrected chi connectivity index (χ2v) is 3.29. The van der Waals surface area contributed by atoms with Crippen molar-refractivity contribution >= 4 is 28.2 Å². The highest BCUT2D eigenvalue weighted by atomic mass is 16.3. The van der Waals surface area contributed by atoms with Crippen molar-refractivity contribution in [2.45, 2.75) is 0 Å². The molecule has 0 radical (unpaired) electrons. The molecule has 0 spiro atoms. The fraction of sp³-hybridized carbons (Fsp3) is 0. The largest absolute Gasteiger partial charge is 0.383 e. The van der Waals surface area contributed by atoms with Gasteiger partial charge in [0.15, 0.2) is 0 Å². The first kappa shape index (κ1) is 8.72. The number of nitroso groups, excluding NO2 is 1. The number of nitrogens with zero attached hydrogens (tertiary/aromatic N) is 5. The second kappa shape index (κ2) is 2.96. The summed E-state index contributed by atoms with van der Waals surface area (Å²) < 4.78 is 1.65. The molecule has 0 bridgehead atoms. The molecule has 78 valence electrons. The molecule has 1 aromatic carbocycles. The highest BCUT2D eigenvalue weighted by Crippen LogP contribution is 2.24. The van der Waals surface area contributed by atoms with Crippen LogP contribution in [0.1, 0.15) is 0 Å². The SMILES string of the molecule is Nc1nc2nncn2c2cc(N=O)ccc12. The molecule has 0 aliphatic carbocycles. The number of benzene rings is 1. The van der Waals surface area contributed by atoms with E-state index in [1.165, 1.54) is 6.33 Å². The molecule has 7 nitrogen and oxygen atoms in total. The molecule has 2 N–H and O–H groups in total. The topological polar surface area (TPSA) is 98.5 Å². The average molecular weight is 214 g/mol. The van der Waals surface area contributed by atoms with Gasteiger partial charge in [-0.3, -0.25) is 4.40 Å². The summed E-state index contributed by atoms with van der Waals surface area (Å²) in [7, 11) is 0. The van der Waals surface area contributed by atoms with Crippen molar-refractivity contribution in [1.82, 2.24) is 19.6 Å². The number of anilines is 1. The first-order valence-corrected chi connectivity index (χ1v) is 4.52. The molecule has 16 heavy (non-hydrogen) atoms. The Bertz CT molecular complexity index is 704. The lowest BCUT2D eigenvalue weighted by Gasteiger charge is -2.03. The van der Waals surface area contributed by atoms with E-state index >= 15 is 0 Å². The molecular formula is C9H6N6O. The van der Waals surface area contributed by atoms with E-state index in [0.717, 1.165) is 5.39 Å². The Morgan fingerprint density at radius 1 is 1.38 bits per heavy atom. The molecule has 0 amide bonds. The molecule has 0 unspecified atom stereocenters. The standard InChI is InChI=1S/C9H6N6O/c10-8-6-2-1-5(14-16)3-7(6)15-4-11-13-9(15)12-8/h1-4H,(H2,10,12,13). The molecule has 0 atom stereocenters. The van der Waals surface area contributed by atoms with Crippen molar-refractivity contribution in [2.75, 3.05) is 5.73 Å². The minimum atomic E-state index is 0.327. The average Bonchev–Trinajstić information content (AvgIpc) is 2.76. The predicted octanol–water partition coefficient (Wildman–Crippen LogP) is 1.26. The Labute approximate surface area is 88.9 Å². The number of fused-ring (bicyclic) bond motifs is 3. The van der Waals surface area contributed by atoms with Crippen molar-refractivity contribution in [3.05, 3.63) is 29.4 Å². The van der Waals surface area contributed by atoms with Gasteiger partial charge in [-0.05, 0) is 23.4 Å². The van der Waals surface area contributed by atoms with Gasteiger partial charge < -0.3 is 5.73 Å². The van der Waals surface area contributed by atoms with Crippen LogP contribution in [0.5, 0.6) is 0 Å². The Hall–Kier alpha value is -2.57. The first-order valence-electron chi connectivity index (χ1n) is 4.52. The molecule has 2 heterocycles. The van der Waals surface area contributed by atoms with Crippen LogP contribution in [0.2, 0.25) is 0 Å². The number of nitrogen functional groups attached to an aromatic ring is 1. The summed E-state index contributed by atoms with van der Waals surface area (Å²) >= 11 is 0. The lowest BCUT2D eigenvalue weighted by atomic mass is 10.2. The maximum absolute atomic E-state index is 10.5. The van der Waals surface area contributed by atoms with Crippen LogP contribution in [0.3, 0.4) is 0 Å². The van der Waals surface area contributed by atoms with Crippen LogP contribution in [0.25, 0.3) is 16.7 Å². The Morgan fingerprint density at radius 2 is 2.25 bits per heavy atom. The minimum absolute atomic E-state index is 0.327. The van der Waals surface area contributed by atoms with Crippen LogP contribution in [0.15, 0.2) is 29.7 Å². The van der Waals surface area contributed by atoms with Crippen LogP contribution in [-0.2, 0) is 0 Å². The smallest absolute Gasteiger partial charge is 0.257 e. The Kier molecular flexibility index (Phi) is 1.61. The van der Waals surface area contributed by atoms with Crippen molar-refractivity contribution < 1.29 is 0 Å². The number of aromatic nitrogens is 4. The molecule has 0 saturated carbocycles. The van der Waals surface area contributed by atoms with Gasteiger partial charge in [-0.1, -0.05) is 0 Å². The van der Waals surface area contributed by atoms with Gasteiger partial charge in [0.2, 0.25) is 0 Å². The van der Waals surface area contributed by atoms with Crippen molar-refractivity contribution in [3.8, 4) is 0 Å². The summed E-state index contributed by atoms with van der Waals surface area (Å²) in [6, 6.07) is 4.91. The van der Waals surface area contributed by atoms with Gasteiger partial charge >= 0.3 is 0 Å². The van der Waals surface area contributed by atoms with Crippen LogP contribution in [0.4, 0.5) is 11.5 Å². The molecule has 0 saturated heterocycles. The molecule has 0 fully saturated rings. The van der Waals surface area contributed by atoms with Gasteiger partial charge in [-0.15, -0.1) is 15.1 Å². The Morgan fingerprint density at radius 3 is 3.06 bits per heavy atom. The van der Waals surface area contributed by atoms with E-state index in [4.69, 9.17) is 5.73 Å². The van der Waals surface area contributed by atoms with E-state index in [-0.39, 0.29) is 0 Å². The van der Waals surface area contributed by atoms with E-state index in [0.29, 0.717) is 22.8 Å². The summed E-state index contributed by atoms with van der Waals surface area (Å²) in [5, 5.41) is 11.1. The van der Waals surface area contributed by atoms with Crippen LogP contribution in [-0.4, -0.2) is 19.6 Å². The van der Waals surface area contributed by atoms with Crippen molar-refractivity contribution in [2.24, 2.45) is 5.18 Å². The Balaban J connectivity index is 2.57. The fourth-order valence-electron chi connectivity index (χ4n) is 1.64. The van der Waals surface area contributed by atoms with Gasteiger partial charge in [0.1, 0.15) is 17.8 Å². The summed E-state index contributed by atoms with van der Waals surface area (Å²) in [5.74, 6) is 0.751. The predicted molar refractivity (Wildman–Crippen MR) is 58.2 cm³/mol. The lowest BCUT2D eigenvalue weighted by molar-refractivity contribution is 1.10. The maximum Gasteiger partial charge on any atom is 0.257 e. The number of rotatable bonds is 1. The zero-order valence-corrected chi connectivity index (χ0v) is 8.03. The zero-order valence-electron chi connectivity index (χ0n) is 8.03. The molecule has 2 aromatic heterocycles.